The molecule has 0 saturated heterocycles. The molecule has 0 aliphatic carbocycles. The van der Waals surface area contributed by atoms with Crippen molar-refractivity contribution in [3.63, 3.8) is 0 Å². The van der Waals surface area contributed by atoms with Crippen LogP contribution in [0.3, 0.4) is 0 Å². The van der Waals surface area contributed by atoms with Crippen molar-refractivity contribution >= 4 is 5.97 Å². The summed E-state index contributed by atoms with van der Waals surface area (Å²) in [6.07, 6.45) is 0. The topological polar surface area (TPSA) is 46.5 Å². The monoisotopic (exact) mass is 226 g/mol. The molecule has 3 nitrogen and oxygen atoms in total. The van der Waals surface area contributed by atoms with Crippen molar-refractivity contribution in [2.45, 2.75) is 5.92 Å². The van der Waals surface area contributed by atoms with Gasteiger partial charge in [-0.15, -0.1) is 0 Å². The van der Waals surface area contributed by atoms with Crippen molar-refractivity contribution in [2.75, 3.05) is 0 Å². The number of carbonyl (C=O) groups is 1. The van der Waals surface area contributed by atoms with E-state index in [4.69, 9.17) is 4.74 Å². The van der Waals surface area contributed by atoms with Crippen LogP contribution in [0.1, 0.15) is 17.0 Å². The SMILES string of the molecule is O=C1Oc2ccccc2C1c1ccc(O)cc1. The molecule has 3 heteroatoms. The summed E-state index contributed by atoms with van der Waals surface area (Å²) >= 11 is 0. The van der Waals surface area contributed by atoms with Crippen molar-refractivity contribution in [1.82, 2.24) is 0 Å². The van der Waals surface area contributed by atoms with Gasteiger partial charge in [-0.3, -0.25) is 4.79 Å². The lowest BCUT2D eigenvalue weighted by atomic mass is 9.93. The summed E-state index contributed by atoms with van der Waals surface area (Å²) in [6, 6.07) is 14.0. The van der Waals surface area contributed by atoms with Gasteiger partial charge in [0.25, 0.3) is 0 Å². The Morgan fingerprint density at radius 1 is 1.00 bits per heavy atom. The van der Waals surface area contributed by atoms with Gasteiger partial charge in [0.1, 0.15) is 17.4 Å². The fourth-order valence-corrected chi connectivity index (χ4v) is 2.09. The Balaban J connectivity index is 2.09. The standard InChI is InChI=1S/C14H10O3/c15-10-7-5-9(6-8-10)13-11-3-1-2-4-12(11)17-14(13)16/h1-8,13,15H. The molecule has 2 aromatic carbocycles. The van der Waals surface area contributed by atoms with E-state index < -0.39 is 0 Å². The molecule has 17 heavy (non-hydrogen) atoms. The Bertz CT molecular complexity index is 572. The van der Waals surface area contributed by atoms with E-state index in [0.717, 1.165) is 11.1 Å². The number of phenols is 1. The average molecular weight is 226 g/mol. The maximum Gasteiger partial charge on any atom is 0.323 e. The Kier molecular flexibility index (Phi) is 2.11. The van der Waals surface area contributed by atoms with Gasteiger partial charge in [-0.2, -0.15) is 0 Å². The van der Waals surface area contributed by atoms with E-state index in [-0.39, 0.29) is 17.6 Å². The first kappa shape index (κ1) is 9.90. The molecule has 1 N–H and O–H groups in total. The van der Waals surface area contributed by atoms with Gasteiger partial charge in [0.2, 0.25) is 0 Å². The first-order valence-electron chi connectivity index (χ1n) is 5.35. The number of para-hydroxylation sites is 1. The number of fused-ring (bicyclic) bond motifs is 1. The first-order valence-corrected chi connectivity index (χ1v) is 5.35. The Labute approximate surface area is 98.3 Å². The molecule has 84 valence electrons. The van der Waals surface area contributed by atoms with Crippen LogP contribution in [0, 0.1) is 0 Å². The number of hydrogen-bond donors (Lipinski definition) is 1. The third-order valence-corrected chi connectivity index (χ3v) is 2.90. The molecular formula is C14H10O3. The van der Waals surface area contributed by atoms with E-state index in [0.29, 0.717) is 5.75 Å². The second kappa shape index (κ2) is 3.63. The van der Waals surface area contributed by atoms with Crippen LogP contribution in [-0.2, 0) is 4.79 Å². The second-order valence-corrected chi connectivity index (χ2v) is 3.98. The fourth-order valence-electron chi connectivity index (χ4n) is 2.09. The molecule has 0 fully saturated rings. The highest BCUT2D eigenvalue weighted by molar-refractivity contribution is 5.89. The molecule has 2 aromatic rings. The molecule has 0 spiro atoms. The van der Waals surface area contributed by atoms with Crippen molar-refractivity contribution in [2.24, 2.45) is 0 Å². The molecule has 1 aliphatic heterocycles. The molecule has 1 heterocycles. The van der Waals surface area contributed by atoms with E-state index in [1.807, 2.05) is 18.2 Å². The third kappa shape index (κ3) is 1.56. The van der Waals surface area contributed by atoms with Gasteiger partial charge in [0.05, 0.1) is 0 Å². The number of phenolic OH excluding ortho intramolecular Hbond substituents is 1. The lowest BCUT2D eigenvalue weighted by molar-refractivity contribution is -0.133. The van der Waals surface area contributed by atoms with Gasteiger partial charge in [0.15, 0.2) is 0 Å². The highest BCUT2D eigenvalue weighted by Gasteiger charge is 2.33. The van der Waals surface area contributed by atoms with Crippen molar-refractivity contribution in [3.05, 3.63) is 59.7 Å². The van der Waals surface area contributed by atoms with Crippen molar-refractivity contribution in [1.29, 1.82) is 0 Å². The molecule has 1 aliphatic rings. The highest BCUT2D eigenvalue weighted by atomic mass is 16.5. The zero-order valence-electron chi connectivity index (χ0n) is 8.96. The predicted molar refractivity (Wildman–Crippen MR) is 62.0 cm³/mol. The minimum absolute atomic E-state index is 0.188. The third-order valence-electron chi connectivity index (χ3n) is 2.90. The number of hydrogen-bond acceptors (Lipinski definition) is 3. The van der Waals surface area contributed by atoms with E-state index in [1.165, 1.54) is 0 Å². The lowest BCUT2D eigenvalue weighted by Gasteiger charge is -2.07. The van der Waals surface area contributed by atoms with Crippen molar-refractivity contribution in [3.8, 4) is 11.5 Å². The van der Waals surface area contributed by atoms with E-state index in [2.05, 4.69) is 0 Å². The summed E-state index contributed by atoms with van der Waals surface area (Å²) in [5, 5.41) is 9.24. The van der Waals surface area contributed by atoms with Gasteiger partial charge in [-0.1, -0.05) is 30.3 Å². The number of rotatable bonds is 1. The van der Waals surface area contributed by atoms with Crippen LogP contribution in [0.25, 0.3) is 0 Å². The van der Waals surface area contributed by atoms with Gasteiger partial charge >= 0.3 is 5.97 Å². The van der Waals surface area contributed by atoms with Crippen LogP contribution < -0.4 is 4.74 Å². The Morgan fingerprint density at radius 3 is 2.47 bits per heavy atom. The lowest BCUT2D eigenvalue weighted by Crippen LogP contribution is -2.11. The van der Waals surface area contributed by atoms with Crippen LogP contribution in [0.2, 0.25) is 0 Å². The van der Waals surface area contributed by atoms with Crippen LogP contribution in [0.4, 0.5) is 0 Å². The number of aromatic hydroxyl groups is 1. The van der Waals surface area contributed by atoms with E-state index in [9.17, 15) is 9.90 Å². The van der Waals surface area contributed by atoms with E-state index >= 15 is 0 Å². The zero-order valence-corrected chi connectivity index (χ0v) is 8.96. The highest BCUT2D eigenvalue weighted by Crippen LogP contribution is 2.38. The number of carbonyl (C=O) groups excluding carboxylic acids is 1. The molecule has 0 saturated carbocycles. The molecule has 0 aromatic heterocycles. The van der Waals surface area contributed by atoms with Gasteiger partial charge in [0, 0.05) is 5.56 Å². The van der Waals surface area contributed by atoms with Gasteiger partial charge < -0.3 is 9.84 Å². The molecular weight excluding hydrogens is 216 g/mol. The molecule has 1 unspecified atom stereocenters. The molecule has 3 rings (SSSR count). The molecule has 0 radical (unpaired) electrons. The summed E-state index contributed by atoms with van der Waals surface area (Å²) in [7, 11) is 0. The minimum atomic E-state index is -0.383. The Morgan fingerprint density at radius 2 is 1.71 bits per heavy atom. The molecule has 0 amide bonds. The smallest absolute Gasteiger partial charge is 0.323 e. The number of ether oxygens (including phenoxy) is 1. The minimum Gasteiger partial charge on any atom is -0.508 e. The molecule has 0 bridgehead atoms. The van der Waals surface area contributed by atoms with Gasteiger partial charge in [-0.05, 0) is 23.8 Å². The largest absolute Gasteiger partial charge is 0.508 e. The summed E-state index contributed by atoms with van der Waals surface area (Å²) in [5.74, 6) is 0.160. The van der Waals surface area contributed by atoms with Crippen LogP contribution in [0.15, 0.2) is 48.5 Å². The van der Waals surface area contributed by atoms with E-state index in [1.54, 1.807) is 30.3 Å². The second-order valence-electron chi connectivity index (χ2n) is 3.98. The average Bonchev–Trinajstić information content (AvgIpc) is 2.66. The number of benzene rings is 2. The van der Waals surface area contributed by atoms with Gasteiger partial charge in [-0.25, -0.2) is 0 Å². The quantitative estimate of drug-likeness (QED) is 0.600. The van der Waals surface area contributed by atoms with Crippen LogP contribution >= 0.6 is 0 Å². The maximum atomic E-state index is 11.8. The summed E-state index contributed by atoms with van der Waals surface area (Å²) in [4.78, 5) is 11.8. The summed E-state index contributed by atoms with van der Waals surface area (Å²) in [5.41, 5.74) is 1.71. The zero-order chi connectivity index (χ0) is 11.8. The summed E-state index contributed by atoms with van der Waals surface area (Å²) in [6.45, 7) is 0. The maximum absolute atomic E-state index is 11.8. The fraction of sp³-hybridized carbons (Fsp3) is 0.0714. The van der Waals surface area contributed by atoms with Crippen LogP contribution in [0.5, 0.6) is 11.5 Å². The van der Waals surface area contributed by atoms with Crippen molar-refractivity contribution < 1.29 is 14.6 Å². The van der Waals surface area contributed by atoms with Crippen LogP contribution in [-0.4, -0.2) is 11.1 Å². The summed E-state index contributed by atoms with van der Waals surface area (Å²) < 4.78 is 5.20. The molecule has 1 atom stereocenters. The first-order chi connectivity index (χ1) is 8.25. The predicted octanol–water partition coefficient (Wildman–Crippen LogP) is 2.44. The number of esters is 1. The Hall–Kier alpha value is -2.29. The normalized spacial score (nSPS) is 17.6.